The fraction of sp³-hybridized carbons (Fsp3) is 0.440. The maximum atomic E-state index is 14.7. The van der Waals surface area contributed by atoms with Crippen LogP contribution in [0.2, 0.25) is 0 Å². The summed E-state index contributed by atoms with van der Waals surface area (Å²) in [6.45, 7) is 7.24. The number of benzene rings is 1. The number of hydrogen-bond acceptors (Lipinski definition) is 3. The summed E-state index contributed by atoms with van der Waals surface area (Å²) in [7, 11) is 0. The Balaban J connectivity index is 1.75. The maximum Gasteiger partial charge on any atom is 0.270 e. The quantitative estimate of drug-likeness (QED) is 0.523. The number of aromatic amines is 1. The van der Waals surface area contributed by atoms with E-state index in [0.717, 1.165) is 29.8 Å². The van der Waals surface area contributed by atoms with Crippen LogP contribution in [-0.2, 0) is 6.54 Å². The van der Waals surface area contributed by atoms with Gasteiger partial charge in [-0.15, -0.1) is 0 Å². The number of H-pyrrole nitrogens is 1. The first kappa shape index (κ1) is 23.7. The van der Waals surface area contributed by atoms with E-state index in [-0.39, 0.29) is 24.3 Å². The third-order valence-electron chi connectivity index (χ3n) is 5.51. The molecule has 32 heavy (non-hydrogen) atoms. The van der Waals surface area contributed by atoms with Crippen molar-refractivity contribution in [3.05, 3.63) is 64.9 Å². The number of nitrogens with one attached hydrogen (secondary N) is 2. The second-order valence-corrected chi connectivity index (χ2v) is 8.88. The van der Waals surface area contributed by atoms with Crippen molar-refractivity contribution >= 4 is 17.8 Å². The minimum absolute atomic E-state index is 0.00614. The van der Waals surface area contributed by atoms with Gasteiger partial charge in [-0.25, -0.2) is 8.78 Å². The summed E-state index contributed by atoms with van der Waals surface area (Å²) in [5.41, 5.74) is 2.39. The summed E-state index contributed by atoms with van der Waals surface area (Å²) in [5.74, 6) is -0.484. The Bertz CT molecular complexity index is 986. The Labute approximate surface area is 188 Å². The lowest BCUT2D eigenvalue weighted by Gasteiger charge is -2.37. The lowest BCUT2D eigenvalue weighted by atomic mass is 9.95. The summed E-state index contributed by atoms with van der Waals surface area (Å²) in [5, 5.41) is 3.39. The minimum atomic E-state index is -1.52. The molecule has 1 atom stereocenters. The first-order valence-electron chi connectivity index (χ1n) is 11.0. The molecule has 172 valence electrons. The van der Waals surface area contributed by atoms with Crippen LogP contribution in [0.5, 0.6) is 0 Å². The monoisotopic (exact) mass is 442 g/mol. The summed E-state index contributed by atoms with van der Waals surface area (Å²) >= 11 is 0. The van der Waals surface area contributed by atoms with E-state index >= 15 is 0 Å². The van der Waals surface area contributed by atoms with E-state index in [9.17, 15) is 13.6 Å². The molecule has 0 aliphatic heterocycles. The molecule has 0 bridgehead atoms. The second-order valence-electron chi connectivity index (χ2n) is 8.88. The smallest absolute Gasteiger partial charge is 0.270 e. The Hall–Kier alpha value is -2.96. The normalized spacial score (nSPS) is 16.8. The molecular weight excluding hydrogens is 410 g/mol. The highest BCUT2D eigenvalue weighted by Gasteiger charge is 2.33. The molecule has 0 fully saturated rings. The largest absolute Gasteiger partial charge is 0.384 e. The van der Waals surface area contributed by atoms with Gasteiger partial charge in [0.15, 0.2) is 0 Å². The SMILES string of the molecule is C/C=N\c1cc(C(=O)N(CC(C)(C)F)C2CCC=C(NCc3ccc(F)cc3)C2)[nH]c1C. The number of hydrogen-bond donors (Lipinski definition) is 2. The molecule has 1 unspecified atom stereocenters. The molecule has 1 amide bonds. The van der Waals surface area contributed by atoms with Crippen LogP contribution >= 0.6 is 0 Å². The van der Waals surface area contributed by atoms with Gasteiger partial charge in [-0.05, 0) is 64.3 Å². The molecule has 0 saturated heterocycles. The van der Waals surface area contributed by atoms with Crippen LogP contribution in [0.25, 0.3) is 0 Å². The van der Waals surface area contributed by atoms with Gasteiger partial charge >= 0.3 is 0 Å². The van der Waals surface area contributed by atoms with Crippen LogP contribution in [0, 0.1) is 12.7 Å². The molecule has 1 aromatic carbocycles. The third kappa shape index (κ3) is 6.28. The van der Waals surface area contributed by atoms with Crippen molar-refractivity contribution < 1.29 is 13.6 Å². The number of allylic oxidation sites excluding steroid dienone is 1. The highest BCUT2D eigenvalue weighted by molar-refractivity contribution is 5.94. The number of halogens is 2. The van der Waals surface area contributed by atoms with E-state index in [1.54, 1.807) is 29.3 Å². The van der Waals surface area contributed by atoms with E-state index < -0.39 is 5.67 Å². The maximum absolute atomic E-state index is 14.7. The van der Waals surface area contributed by atoms with Crippen molar-refractivity contribution in [2.75, 3.05) is 6.54 Å². The van der Waals surface area contributed by atoms with E-state index in [1.807, 2.05) is 13.8 Å². The number of amides is 1. The van der Waals surface area contributed by atoms with Gasteiger partial charge in [0.1, 0.15) is 17.2 Å². The number of alkyl halides is 1. The van der Waals surface area contributed by atoms with Crippen LogP contribution in [-0.4, -0.2) is 40.3 Å². The molecule has 5 nitrogen and oxygen atoms in total. The summed E-state index contributed by atoms with van der Waals surface area (Å²) in [6.07, 6.45) is 5.97. The first-order chi connectivity index (χ1) is 15.2. The van der Waals surface area contributed by atoms with Gasteiger partial charge in [-0.3, -0.25) is 9.79 Å². The van der Waals surface area contributed by atoms with Crippen molar-refractivity contribution in [1.82, 2.24) is 15.2 Å². The van der Waals surface area contributed by atoms with Crippen molar-refractivity contribution in [3.8, 4) is 0 Å². The van der Waals surface area contributed by atoms with Gasteiger partial charge in [0, 0.05) is 36.6 Å². The van der Waals surface area contributed by atoms with Crippen molar-refractivity contribution in [3.63, 3.8) is 0 Å². The van der Waals surface area contributed by atoms with Crippen molar-refractivity contribution in [1.29, 1.82) is 0 Å². The minimum Gasteiger partial charge on any atom is -0.384 e. The number of carbonyl (C=O) groups excluding carboxylic acids is 1. The third-order valence-corrected chi connectivity index (χ3v) is 5.51. The number of carbonyl (C=O) groups is 1. The number of aliphatic imine (C=N–C) groups is 1. The fourth-order valence-corrected chi connectivity index (χ4v) is 3.98. The molecule has 0 spiro atoms. The van der Waals surface area contributed by atoms with Crippen LogP contribution in [0.4, 0.5) is 14.5 Å². The average molecular weight is 443 g/mol. The zero-order valence-corrected chi connectivity index (χ0v) is 19.2. The highest BCUT2D eigenvalue weighted by Crippen LogP contribution is 2.28. The van der Waals surface area contributed by atoms with Gasteiger partial charge < -0.3 is 15.2 Å². The summed E-state index contributed by atoms with van der Waals surface area (Å²) in [4.78, 5) is 22.5. The highest BCUT2D eigenvalue weighted by atomic mass is 19.1. The van der Waals surface area contributed by atoms with Gasteiger partial charge in [-0.1, -0.05) is 18.2 Å². The first-order valence-corrected chi connectivity index (χ1v) is 11.0. The molecule has 7 heteroatoms. The zero-order chi connectivity index (χ0) is 23.3. The average Bonchev–Trinajstić information content (AvgIpc) is 3.11. The number of aromatic nitrogens is 1. The van der Waals surface area contributed by atoms with Crippen molar-refractivity contribution in [2.45, 2.75) is 65.2 Å². The standard InChI is InChI=1S/C25H32F2N4O/c1-5-28-22-14-23(30-17(22)2)24(32)31(16-25(3,4)27)21-8-6-7-20(13-21)29-15-18-9-11-19(26)12-10-18/h5,7,9-12,14,21,29-30H,6,8,13,15-16H2,1-4H3/b28-5-. The van der Waals surface area contributed by atoms with Crippen LogP contribution < -0.4 is 5.32 Å². The summed E-state index contributed by atoms with van der Waals surface area (Å²) in [6, 6.07) is 7.97. The van der Waals surface area contributed by atoms with Crippen LogP contribution in [0.1, 0.15) is 61.8 Å². The molecular formula is C25H32F2N4O. The predicted molar refractivity (Wildman–Crippen MR) is 125 cm³/mol. The molecule has 3 rings (SSSR count). The van der Waals surface area contributed by atoms with Gasteiger partial charge in [0.05, 0.1) is 12.2 Å². The molecule has 1 heterocycles. The molecule has 2 aromatic rings. The van der Waals surface area contributed by atoms with Gasteiger partial charge in [0.2, 0.25) is 0 Å². The van der Waals surface area contributed by atoms with Gasteiger partial charge in [0.25, 0.3) is 5.91 Å². The van der Waals surface area contributed by atoms with Gasteiger partial charge in [-0.2, -0.15) is 0 Å². The van der Waals surface area contributed by atoms with Crippen LogP contribution in [0.15, 0.2) is 47.1 Å². The zero-order valence-electron chi connectivity index (χ0n) is 19.2. The molecule has 1 aliphatic carbocycles. The Kier molecular flexibility index (Phi) is 7.48. The fourth-order valence-electron chi connectivity index (χ4n) is 3.98. The number of nitrogens with zero attached hydrogens (tertiary/aromatic N) is 2. The second kappa shape index (κ2) is 10.1. The van der Waals surface area contributed by atoms with E-state index in [2.05, 4.69) is 21.4 Å². The number of aryl methyl sites for hydroxylation is 1. The lowest BCUT2D eigenvalue weighted by molar-refractivity contribution is 0.0489. The van der Waals surface area contributed by atoms with Crippen LogP contribution in [0.3, 0.4) is 0 Å². The molecule has 1 aromatic heterocycles. The molecule has 0 radical (unpaired) electrons. The van der Waals surface area contributed by atoms with E-state index in [4.69, 9.17) is 0 Å². The molecule has 1 aliphatic rings. The topological polar surface area (TPSA) is 60.5 Å². The molecule has 0 saturated carbocycles. The van der Waals surface area contributed by atoms with Crippen molar-refractivity contribution in [2.24, 2.45) is 4.99 Å². The number of rotatable bonds is 8. The molecule has 2 N–H and O–H groups in total. The Morgan fingerprint density at radius 2 is 2.06 bits per heavy atom. The Morgan fingerprint density at radius 3 is 2.72 bits per heavy atom. The van der Waals surface area contributed by atoms with E-state index in [1.165, 1.54) is 26.0 Å². The summed E-state index contributed by atoms with van der Waals surface area (Å²) < 4.78 is 27.8. The Morgan fingerprint density at radius 1 is 1.34 bits per heavy atom. The predicted octanol–water partition coefficient (Wildman–Crippen LogP) is 5.60. The van der Waals surface area contributed by atoms with E-state index in [0.29, 0.717) is 24.3 Å². The lowest BCUT2D eigenvalue weighted by Crippen LogP contribution is -2.48.